The first-order valence-corrected chi connectivity index (χ1v) is 8.22. The number of carbonyl (C=O) groups is 1. The Hall–Kier alpha value is -3.55. The van der Waals surface area contributed by atoms with E-state index in [1.807, 2.05) is 19.9 Å². The molecule has 1 atom stereocenters. The number of benzene rings is 2. The molecule has 1 unspecified atom stereocenters. The lowest BCUT2D eigenvalue weighted by Crippen LogP contribution is -2.11. The fraction of sp³-hybridized carbons (Fsp3) is 0.211. The average molecular weight is 367 g/mol. The maximum Gasteiger partial charge on any atom is 0.339 e. The molecule has 0 radical (unpaired) electrons. The van der Waals surface area contributed by atoms with Crippen LogP contribution in [0.4, 0.5) is 5.69 Å². The molecule has 0 aliphatic carbocycles. The molecule has 0 fully saturated rings. The van der Waals surface area contributed by atoms with E-state index in [-0.39, 0.29) is 17.5 Å². The van der Waals surface area contributed by atoms with Gasteiger partial charge in [0.1, 0.15) is 0 Å². The predicted molar refractivity (Wildman–Crippen MR) is 96.1 cm³/mol. The van der Waals surface area contributed by atoms with Crippen molar-refractivity contribution in [2.45, 2.75) is 26.9 Å². The van der Waals surface area contributed by atoms with Crippen molar-refractivity contribution < 1.29 is 18.9 Å². The monoisotopic (exact) mass is 367 g/mol. The third-order valence-electron chi connectivity index (χ3n) is 4.22. The van der Waals surface area contributed by atoms with Crippen molar-refractivity contribution in [2.75, 3.05) is 0 Å². The van der Waals surface area contributed by atoms with Gasteiger partial charge in [-0.2, -0.15) is 0 Å². The van der Waals surface area contributed by atoms with Gasteiger partial charge in [0.2, 0.25) is 5.89 Å². The molecule has 1 aromatic heterocycles. The number of nitro benzene ring substituents is 1. The predicted octanol–water partition coefficient (Wildman–Crippen LogP) is 4.18. The average Bonchev–Trinajstić information content (AvgIpc) is 3.14. The van der Waals surface area contributed by atoms with Gasteiger partial charge >= 0.3 is 5.97 Å². The molecular formula is C19H17N3O5. The summed E-state index contributed by atoms with van der Waals surface area (Å²) < 4.78 is 11.0. The maximum absolute atomic E-state index is 12.4. The van der Waals surface area contributed by atoms with E-state index in [1.54, 1.807) is 19.1 Å². The summed E-state index contributed by atoms with van der Waals surface area (Å²) in [6, 6.07) is 11.2. The van der Waals surface area contributed by atoms with E-state index in [0.717, 1.165) is 11.1 Å². The van der Waals surface area contributed by atoms with Gasteiger partial charge in [0.15, 0.2) is 6.10 Å². The van der Waals surface area contributed by atoms with Crippen molar-refractivity contribution in [2.24, 2.45) is 0 Å². The molecule has 0 aliphatic heterocycles. The van der Waals surface area contributed by atoms with E-state index in [0.29, 0.717) is 11.1 Å². The molecule has 0 spiro atoms. The minimum absolute atomic E-state index is 0.0330. The molecule has 8 nitrogen and oxygen atoms in total. The molecule has 0 amide bonds. The van der Waals surface area contributed by atoms with Gasteiger partial charge in [-0.3, -0.25) is 10.1 Å². The van der Waals surface area contributed by atoms with Crippen molar-refractivity contribution in [3.63, 3.8) is 0 Å². The second-order valence-corrected chi connectivity index (χ2v) is 6.04. The van der Waals surface area contributed by atoms with Gasteiger partial charge < -0.3 is 9.15 Å². The summed E-state index contributed by atoms with van der Waals surface area (Å²) in [6.07, 6.45) is -0.739. The van der Waals surface area contributed by atoms with Gasteiger partial charge in [-0.1, -0.05) is 12.1 Å². The van der Waals surface area contributed by atoms with Gasteiger partial charge in [-0.25, -0.2) is 4.79 Å². The van der Waals surface area contributed by atoms with Crippen molar-refractivity contribution in [1.29, 1.82) is 0 Å². The zero-order chi connectivity index (χ0) is 19.6. The summed E-state index contributed by atoms with van der Waals surface area (Å²) in [7, 11) is 0. The largest absolute Gasteiger partial charge is 0.449 e. The zero-order valence-corrected chi connectivity index (χ0v) is 15.0. The highest BCUT2D eigenvalue weighted by Gasteiger charge is 2.21. The van der Waals surface area contributed by atoms with E-state index < -0.39 is 17.0 Å². The number of aryl methyl sites for hydroxylation is 1. The van der Waals surface area contributed by atoms with Crippen LogP contribution in [0.15, 0.2) is 46.9 Å². The van der Waals surface area contributed by atoms with Crippen LogP contribution in [0.3, 0.4) is 0 Å². The van der Waals surface area contributed by atoms with Crippen LogP contribution in [-0.2, 0) is 4.74 Å². The first kappa shape index (κ1) is 18.2. The van der Waals surface area contributed by atoms with Crippen LogP contribution in [0.1, 0.15) is 40.4 Å². The van der Waals surface area contributed by atoms with Crippen molar-refractivity contribution in [3.8, 4) is 11.5 Å². The summed E-state index contributed by atoms with van der Waals surface area (Å²) in [5.41, 5.74) is 2.83. The number of nitro groups is 1. The number of hydrogen-bond acceptors (Lipinski definition) is 7. The molecule has 138 valence electrons. The van der Waals surface area contributed by atoms with E-state index in [9.17, 15) is 14.9 Å². The number of ether oxygens (including phenoxy) is 1. The van der Waals surface area contributed by atoms with Crippen molar-refractivity contribution in [3.05, 3.63) is 75.2 Å². The second-order valence-electron chi connectivity index (χ2n) is 6.04. The molecule has 27 heavy (non-hydrogen) atoms. The molecule has 1 heterocycles. The quantitative estimate of drug-likeness (QED) is 0.378. The minimum Gasteiger partial charge on any atom is -0.449 e. The summed E-state index contributed by atoms with van der Waals surface area (Å²) >= 11 is 0. The summed E-state index contributed by atoms with van der Waals surface area (Å²) in [5, 5.41) is 18.5. The number of aromatic nitrogens is 2. The van der Waals surface area contributed by atoms with Crippen molar-refractivity contribution in [1.82, 2.24) is 10.2 Å². The van der Waals surface area contributed by atoms with Crippen LogP contribution in [0, 0.1) is 24.0 Å². The minimum atomic E-state index is -0.739. The number of non-ortho nitro benzene ring substituents is 1. The standard InChI is InChI=1S/C19H17N3O5/c1-11-5-4-6-16(12(11)2)19(23)26-13(3)17-20-21-18(27-17)14-7-9-15(10-8-14)22(24)25/h4-10,13H,1-3H3. The summed E-state index contributed by atoms with van der Waals surface area (Å²) in [4.78, 5) is 22.6. The smallest absolute Gasteiger partial charge is 0.339 e. The molecule has 8 heteroatoms. The Kier molecular flexibility index (Phi) is 4.98. The molecule has 0 saturated heterocycles. The number of esters is 1. The first-order chi connectivity index (χ1) is 12.9. The normalized spacial score (nSPS) is 11.8. The lowest BCUT2D eigenvalue weighted by atomic mass is 10.0. The highest BCUT2D eigenvalue weighted by Crippen LogP contribution is 2.25. The summed E-state index contributed by atoms with van der Waals surface area (Å²) in [6.45, 7) is 5.41. The zero-order valence-electron chi connectivity index (χ0n) is 15.0. The third-order valence-corrected chi connectivity index (χ3v) is 4.22. The Labute approximate surface area is 155 Å². The van der Waals surface area contributed by atoms with E-state index in [2.05, 4.69) is 10.2 Å². The second kappa shape index (κ2) is 7.36. The van der Waals surface area contributed by atoms with E-state index in [4.69, 9.17) is 9.15 Å². The molecule has 0 saturated carbocycles. The lowest BCUT2D eigenvalue weighted by molar-refractivity contribution is -0.384. The van der Waals surface area contributed by atoms with Crippen LogP contribution in [0.5, 0.6) is 0 Å². The fourth-order valence-corrected chi connectivity index (χ4v) is 2.49. The van der Waals surface area contributed by atoms with Crippen molar-refractivity contribution >= 4 is 11.7 Å². The molecule has 3 rings (SSSR count). The third kappa shape index (κ3) is 3.84. The number of carbonyl (C=O) groups excluding carboxylic acids is 1. The molecule has 0 bridgehead atoms. The molecule has 2 aromatic carbocycles. The van der Waals surface area contributed by atoms with Gasteiger partial charge in [-0.15, -0.1) is 10.2 Å². The van der Waals surface area contributed by atoms with Crippen LogP contribution in [0.2, 0.25) is 0 Å². The van der Waals surface area contributed by atoms with Crippen LogP contribution < -0.4 is 0 Å². The molecule has 0 aliphatic rings. The Morgan fingerprint density at radius 3 is 2.52 bits per heavy atom. The molecule has 0 N–H and O–H groups in total. The summed E-state index contributed by atoms with van der Waals surface area (Å²) in [5.74, 6) is -0.143. The molecular weight excluding hydrogens is 350 g/mol. The van der Waals surface area contributed by atoms with Crippen LogP contribution >= 0.6 is 0 Å². The highest BCUT2D eigenvalue weighted by molar-refractivity contribution is 5.91. The number of hydrogen-bond donors (Lipinski definition) is 0. The number of nitrogens with zero attached hydrogens (tertiary/aromatic N) is 3. The molecule has 3 aromatic rings. The Morgan fingerprint density at radius 2 is 1.85 bits per heavy atom. The van der Waals surface area contributed by atoms with Crippen LogP contribution in [-0.4, -0.2) is 21.1 Å². The Bertz CT molecular complexity index is 995. The van der Waals surface area contributed by atoms with E-state index >= 15 is 0 Å². The Morgan fingerprint density at radius 1 is 1.15 bits per heavy atom. The van der Waals surface area contributed by atoms with E-state index in [1.165, 1.54) is 24.3 Å². The van der Waals surface area contributed by atoms with Gasteiger partial charge in [0.05, 0.1) is 10.5 Å². The topological polar surface area (TPSA) is 108 Å². The van der Waals surface area contributed by atoms with Gasteiger partial charge in [0.25, 0.3) is 11.6 Å². The Balaban J connectivity index is 1.74. The first-order valence-electron chi connectivity index (χ1n) is 8.22. The SMILES string of the molecule is Cc1cccc(C(=O)OC(C)c2nnc(-c3ccc([N+](=O)[O-])cc3)o2)c1C. The van der Waals surface area contributed by atoms with Gasteiger partial charge in [0, 0.05) is 17.7 Å². The van der Waals surface area contributed by atoms with Crippen LogP contribution in [0.25, 0.3) is 11.5 Å². The van der Waals surface area contributed by atoms with Gasteiger partial charge in [-0.05, 0) is 50.1 Å². The fourth-order valence-electron chi connectivity index (χ4n) is 2.49. The highest BCUT2D eigenvalue weighted by atomic mass is 16.6. The maximum atomic E-state index is 12.4. The lowest BCUT2D eigenvalue weighted by Gasteiger charge is -2.12. The number of rotatable bonds is 5.